The van der Waals surface area contributed by atoms with E-state index < -0.39 is 11.9 Å². The quantitative estimate of drug-likeness (QED) is 0.680. The van der Waals surface area contributed by atoms with Crippen molar-refractivity contribution in [3.05, 3.63) is 59.9 Å². The second-order valence-electron chi connectivity index (χ2n) is 5.10. The predicted octanol–water partition coefficient (Wildman–Crippen LogP) is 2.54. The van der Waals surface area contributed by atoms with E-state index in [1.165, 1.54) is 11.8 Å². The number of nitrogens with one attached hydrogen (secondary N) is 1. The first kappa shape index (κ1) is 15.7. The number of ether oxygens (including phenoxy) is 1. The maximum Gasteiger partial charge on any atom is 0.330 e. The van der Waals surface area contributed by atoms with Crippen molar-refractivity contribution in [1.29, 1.82) is 0 Å². The molecule has 0 spiro atoms. The molecule has 2 aromatic rings. The third kappa shape index (κ3) is 4.41. The molecule has 0 aliphatic rings. The Morgan fingerprint density at radius 3 is 2.45 bits per heavy atom. The highest BCUT2D eigenvalue weighted by Gasteiger charge is 2.10. The van der Waals surface area contributed by atoms with Crippen molar-refractivity contribution in [2.45, 2.75) is 19.8 Å². The molecule has 5 nitrogen and oxygen atoms in total. The standard InChI is InChI=1S/C17H18N2O3/c1-12(2)13-6-8-14(9-7-13)22-16(20)11-19-17(21)15-5-3-4-10-18-15/h3-10,12H,11H2,1-2H3,(H,19,21). The molecule has 0 bridgehead atoms. The van der Waals surface area contributed by atoms with Gasteiger partial charge < -0.3 is 10.1 Å². The first-order valence-corrected chi connectivity index (χ1v) is 7.06. The Hall–Kier alpha value is -2.69. The molecular weight excluding hydrogens is 280 g/mol. The Kier molecular flexibility index (Phi) is 5.25. The minimum atomic E-state index is -0.526. The molecule has 0 atom stereocenters. The van der Waals surface area contributed by atoms with Crippen molar-refractivity contribution in [2.75, 3.05) is 6.54 Å². The molecule has 0 saturated heterocycles. The molecule has 1 amide bonds. The first-order valence-electron chi connectivity index (χ1n) is 7.06. The zero-order chi connectivity index (χ0) is 15.9. The van der Waals surface area contributed by atoms with Crippen molar-refractivity contribution >= 4 is 11.9 Å². The van der Waals surface area contributed by atoms with Crippen LogP contribution in [0.15, 0.2) is 48.7 Å². The van der Waals surface area contributed by atoms with E-state index in [4.69, 9.17) is 4.74 Å². The number of hydrogen-bond donors (Lipinski definition) is 1. The lowest BCUT2D eigenvalue weighted by Crippen LogP contribution is -2.32. The molecule has 0 radical (unpaired) electrons. The molecule has 5 heteroatoms. The summed E-state index contributed by atoms with van der Waals surface area (Å²) in [6.45, 7) is 3.98. The van der Waals surface area contributed by atoms with Crippen molar-refractivity contribution in [1.82, 2.24) is 10.3 Å². The van der Waals surface area contributed by atoms with E-state index >= 15 is 0 Å². The van der Waals surface area contributed by atoms with E-state index in [0.717, 1.165) is 0 Å². The van der Waals surface area contributed by atoms with Crippen LogP contribution in [0.5, 0.6) is 5.75 Å². The average Bonchev–Trinajstić information content (AvgIpc) is 2.54. The van der Waals surface area contributed by atoms with Crippen LogP contribution >= 0.6 is 0 Å². The maximum atomic E-state index is 11.7. The number of hydrogen-bond acceptors (Lipinski definition) is 4. The number of esters is 1. The lowest BCUT2D eigenvalue weighted by molar-refractivity contribution is -0.133. The number of carbonyl (C=O) groups excluding carboxylic acids is 2. The van der Waals surface area contributed by atoms with E-state index in [9.17, 15) is 9.59 Å². The Labute approximate surface area is 129 Å². The summed E-state index contributed by atoms with van der Waals surface area (Å²) in [6, 6.07) is 12.3. The molecule has 1 heterocycles. The summed E-state index contributed by atoms with van der Waals surface area (Å²) in [5, 5.41) is 2.47. The smallest absolute Gasteiger partial charge is 0.330 e. The Balaban J connectivity index is 1.84. The molecule has 0 aliphatic heterocycles. The van der Waals surface area contributed by atoms with Crippen LogP contribution in [0.4, 0.5) is 0 Å². The van der Waals surface area contributed by atoms with Gasteiger partial charge in [-0.05, 0) is 35.7 Å². The van der Waals surface area contributed by atoms with Crippen molar-refractivity contribution in [3.63, 3.8) is 0 Å². The molecule has 0 saturated carbocycles. The Bertz CT molecular complexity index is 637. The van der Waals surface area contributed by atoms with Crippen LogP contribution in [-0.4, -0.2) is 23.4 Å². The fourth-order valence-corrected chi connectivity index (χ4v) is 1.83. The lowest BCUT2D eigenvalue weighted by Gasteiger charge is -2.08. The maximum absolute atomic E-state index is 11.7. The van der Waals surface area contributed by atoms with Crippen LogP contribution in [0.3, 0.4) is 0 Å². The van der Waals surface area contributed by atoms with E-state index in [0.29, 0.717) is 11.7 Å². The number of rotatable bonds is 5. The van der Waals surface area contributed by atoms with E-state index in [2.05, 4.69) is 24.1 Å². The zero-order valence-electron chi connectivity index (χ0n) is 12.6. The normalized spacial score (nSPS) is 10.3. The number of pyridine rings is 1. The molecule has 0 fully saturated rings. The highest BCUT2D eigenvalue weighted by atomic mass is 16.5. The van der Waals surface area contributed by atoms with Crippen LogP contribution in [0.1, 0.15) is 35.8 Å². The van der Waals surface area contributed by atoms with Gasteiger partial charge in [0.15, 0.2) is 0 Å². The third-order valence-electron chi connectivity index (χ3n) is 3.07. The van der Waals surface area contributed by atoms with Gasteiger partial charge in [-0.2, -0.15) is 0 Å². The van der Waals surface area contributed by atoms with Gasteiger partial charge >= 0.3 is 5.97 Å². The van der Waals surface area contributed by atoms with Crippen LogP contribution in [0, 0.1) is 0 Å². The molecule has 1 aromatic heterocycles. The van der Waals surface area contributed by atoms with Crippen LogP contribution in [-0.2, 0) is 4.79 Å². The van der Waals surface area contributed by atoms with Crippen LogP contribution in [0.2, 0.25) is 0 Å². The highest BCUT2D eigenvalue weighted by molar-refractivity contribution is 5.94. The Morgan fingerprint density at radius 1 is 1.14 bits per heavy atom. The highest BCUT2D eigenvalue weighted by Crippen LogP contribution is 2.18. The fourth-order valence-electron chi connectivity index (χ4n) is 1.83. The average molecular weight is 298 g/mol. The second kappa shape index (κ2) is 7.36. The van der Waals surface area contributed by atoms with Gasteiger partial charge in [-0.15, -0.1) is 0 Å². The number of aromatic nitrogens is 1. The topological polar surface area (TPSA) is 68.3 Å². The van der Waals surface area contributed by atoms with Gasteiger partial charge in [-0.25, -0.2) is 4.79 Å². The van der Waals surface area contributed by atoms with Crippen molar-refractivity contribution in [3.8, 4) is 5.75 Å². The third-order valence-corrected chi connectivity index (χ3v) is 3.07. The number of nitrogens with zero attached hydrogens (tertiary/aromatic N) is 1. The van der Waals surface area contributed by atoms with E-state index in [-0.39, 0.29) is 12.2 Å². The van der Waals surface area contributed by atoms with Crippen molar-refractivity contribution in [2.24, 2.45) is 0 Å². The second-order valence-corrected chi connectivity index (χ2v) is 5.10. The summed E-state index contributed by atoms with van der Waals surface area (Å²) >= 11 is 0. The van der Waals surface area contributed by atoms with E-state index in [1.54, 1.807) is 30.3 Å². The molecule has 2 rings (SSSR count). The Morgan fingerprint density at radius 2 is 1.86 bits per heavy atom. The number of amides is 1. The molecular formula is C17H18N2O3. The van der Waals surface area contributed by atoms with Gasteiger partial charge in [-0.1, -0.05) is 32.0 Å². The van der Waals surface area contributed by atoms with Crippen LogP contribution < -0.4 is 10.1 Å². The first-order chi connectivity index (χ1) is 10.6. The van der Waals surface area contributed by atoms with Gasteiger partial charge in [0.25, 0.3) is 5.91 Å². The summed E-state index contributed by atoms with van der Waals surface area (Å²) in [5.74, 6) is -0.0572. The summed E-state index contributed by atoms with van der Waals surface area (Å²) < 4.78 is 5.16. The molecule has 1 aromatic carbocycles. The van der Waals surface area contributed by atoms with Gasteiger partial charge in [0, 0.05) is 6.20 Å². The molecule has 1 N–H and O–H groups in total. The summed E-state index contributed by atoms with van der Waals surface area (Å²) in [5.41, 5.74) is 1.43. The summed E-state index contributed by atoms with van der Waals surface area (Å²) in [7, 11) is 0. The minimum absolute atomic E-state index is 0.207. The number of benzene rings is 1. The molecule has 0 aliphatic carbocycles. The molecule has 114 valence electrons. The fraction of sp³-hybridized carbons (Fsp3) is 0.235. The monoisotopic (exact) mass is 298 g/mol. The SMILES string of the molecule is CC(C)c1ccc(OC(=O)CNC(=O)c2ccccn2)cc1. The number of carbonyl (C=O) groups is 2. The summed E-state index contributed by atoms with van der Waals surface area (Å²) in [6.07, 6.45) is 1.52. The van der Waals surface area contributed by atoms with Gasteiger partial charge in [-0.3, -0.25) is 9.78 Å². The zero-order valence-corrected chi connectivity index (χ0v) is 12.6. The lowest BCUT2D eigenvalue weighted by atomic mass is 10.0. The van der Waals surface area contributed by atoms with E-state index in [1.807, 2.05) is 12.1 Å². The predicted molar refractivity (Wildman–Crippen MR) is 82.7 cm³/mol. The van der Waals surface area contributed by atoms with Gasteiger partial charge in [0.2, 0.25) is 0 Å². The molecule has 0 unspecified atom stereocenters. The minimum Gasteiger partial charge on any atom is -0.425 e. The largest absolute Gasteiger partial charge is 0.425 e. The summed E-state index contributed by atoms with van der Waals surface area (Å²) in [4.78, 5) is 27.4. The van der Waals surface area contributed by atoms with Gasteiger partial charge in [0.05, 0.1) is 0 Å². The molecule has 22 heavy (non-hydrogen) atoms. The van der Waals surface area contributed by atoms with Crippen molar-refractivity contribution < 1.29 is 14.3 Å². The van der Waals surface area contributed by atoms with Gasteiger partial charge in [0.1, 0.15) is 18.0 Å². The van der Waals surface area contributed by atoms with Crippen LogP contribution in [0.25, 0.3) is 0 Å².